The van der Waals surface area contributed by atoms with Gasteiger partial charge in [-0.3, -0.25) is 9.69 Å². The highest BCUT2D eigenvalue weighted by atomic mass is 16.2. The Bertz CT molecular complexity index is 699. The summed E-state index contributed by atoms with van der Waals surface area (Å²) in [6.07, 6.45) is 10.5. The molecule has 3 aliphatic rings. The van der Waals surface area contributed by atoms with Crippen LogP contribution in [0.3, 0.4) is 0 Å². The fourth-order valence-corrected chi connectivity index (χ4v) is 5.04. The van der Waals surface area contributed by atoms with Gasteiger partial charge in [-0.15, -0.1) is 0 Å². The number of amides is 3. The van der Waals surface area contributed by atoms with Crippen LogP contribution in [-0.4, -0.2) is 48.6 Å². The van der Waals surface area contributed by atoms with Crippen LogP contribution in [0.2, 0.25) is 0 Å². The van der Waals surface area contributed by atoms with E-state index in [0.29, 0.717) is 13.0 Å². The Kier molecular flexibility index (Phi) is 6.70. The van der Waals surface area contributed by atoms with Gasteiger partial charge in [0.15, 0.2) is 0 Å². The zero-order chi connectivity index (χ0) is 20.1. The molecule has 6 nitrogen and oxygen atoms in total. The van der Waals surface area contributed by atoms with Gasteiger partial charge < -0.3 is 15.5 Å². The van der Waals surface area contributed by atoms with E-state index >= 15 is 0 Å². The Morgan fingerprint density at radius 1 is 0.966 bits per heavy atom. The molecule has 4 rings (SSSR count). The lowest BCUT2D eigenvalue weighted by atomic mass is 9.92. The molecule has 1 aliphatic carbocycles. The van der Waals surface area contributed by atoms with Gasteiger partial charge in [0.1, 0.15) is 0 Å². The van der Waals surface area contributed by atoms with Gasteiger partial charge in [0.05, 0.1) is 0 Å². The molecule has 0 aromatic heterocycles. The van der Waals surface area contributed by atoms with E-state index < -0.39 is 0 Å². The highest BCUT2D eigenvalue weighted by molar-refractivity contribution is 5.95. The number of hydrogen-bond acceptors (Lipinski definition) is 3. The van der Waals surface area contributed by atoms with Gasteiger partial charge in [-0.05, 0) is 56.3 Å². The molecule has 0 spiro atoms. The minimum atomic E-state index is -0.0840. The van der Waals surface area contributed by atoms with Crippen molar-refractivity contribution in [3.8, 4) is 0 Å². The average Bonchev–Trinajstić information content (AvgIpc) is 3.19. The maximum atomic E-state index is 12.4. The number of anilines is 1. The third-order valence-corrected chi connectivity index (χ3v) is 6.65. The number of benzene rings is 1. The monoisotopic (exact) mass is 398 g/mol. The summed E-state index contributed by atoms with van der Waals surface area (Å²) in [6.45, 7) is 3.46. The fourth-order valence-electron chi connectivity index (χ4n) is 5.04. The largest absolute Gasteiger partial charge is 0.334 e. The van der Waals surface area contributed by atoms with Gasteiger partial charge in [0.25, 0.3) is 0 Å². The molecule has 1 saturated carbocycles. The van der Waals surface area contributed by atoms with Gasteiger partial charge in [-0.25, -0.2) is 4.79 Å². The van der Waals surface area contributed by atoms with Crippen LogP contribution in [0.25, 0.3) is 0 Å². The summed E-state index contributed by atoms with van der Waals surface area (Å²) in [6, 6.07) is 8.81. The van der Waals surface area contributed by atoms with Crippen molar-refractivity contribution in [1.29, 1.82) is 0 Å². The van der Waals surface area contributed by atoms with E-state index in [2.05, 4.69) is 15.5 Å². The summed E-state index contributed by atoms with van der Waals surface area (Å²) in [5.74, 6) is 0.199. The predicted octanol–water partition coefficient (Wildman–Crippen LogP) is 3.41. The number of urea groups is 1. The normalized spacial score (nSPS) is 23.9. The van der Waals surface area contributed by atoms with Crippen LogP contribution in [-0.2, 0) is 11.3 Å². The Balaban J connectivity index is 1.22. The summed E-state index contributed by atoms with van der Waals surface area (Å²) in [5.41, 5.74) is 1.99. The van der Waals surface area contributed by atoms with Gasteiger partial charge in [0.2, 0.25) is 5.91 Å². The zero-order valence-electron chi connectivity index (χ0n) is 17.4. The summed E-state index contributed by atoms with van der Waals surface area (Å²) in [5, 5.41) is 6.16. The van der Waals surface area contributed by atoms with Gasteiger partial charge in [-0.2, -0.15) is 0 Å². The average molecular weight is 399 g/mol. The standard InChI is InChI=1S/C23H34N4O2/c28-22-9-5-15-27(22)21-12-10-18(11-13-21)16-24-23(29)25-19-6-4-14-26(17-19)20-7-2-1-3-8-20/h10-13,19-20H,1-9,14-17H2,(H2,24,25,29). The lowest BCUT2D eigenvalue weighted by Gasteiger charge is -2.40. The van der Waals surface area contributed by atoms with E-state index in [1.165, 1.54) is 38.6 Å². The maximum absolute atomic E-state index is 12.4. The van der Waals surface area contributed by atoms with Crippen molar-refractivity contribution in [2.45, 2.75) is 76.4 Å². The van der Waals surface area contributed by atoms with Crippen LogP contribution < -0.4 is 15.5 Å². The molecule has 2 heterocycles. The molecule has 29 heavy (non-hydrogen) atoms. The molecule has 2 saturated heterocycles. The number of rotatable bonds is 5. The smallest absolute Gasteiger partial charge is 0.315 e. The van der Waals surface area contributed by atoms with Crippen molar-refractivity contribution in [3.05, 3.63) is 29.8 Å². The van der Waals surface area contributed by atoms with Crippen LogP contribution in [0.1, 0.15) is 63.4 Å². The van der Waals surface area contributed by atoms with Crippen LogP contribution >= 0.6 is 0 Å². The van der Waals surface area contributed by atoms with Crippen molar-refractivity contribution in [3.63, 3.8) is 0 Å². The molecule has 1 atom stereocenters. The second-order valence-electron chi connectivity index (χ2n) is 8.77. The first-order valence-corrected chi connectivity index (χ1v) is 11.4. The molecule has 1 aromatic carbocycles. The van der Waals surface area contributed by atoms with E-state index in [1.54, 1.807) is 0 Å². The van der Waals surface area contributed by atoms with Crippen molar-refractivity contribution in [2.24, 2.45) is 0 Å². The van der Waals surface area contributed by atoms with Crippen molar-refractivity contribution in [2.75, 3.05) is 24.5 Å². The van der Waals surface area contributed by atoms with Gasteiger partial charge in [0, 0.05) is 43.8 Å². The van der Waals surface area contributed by atoms with Crippen molar-refractivity contribution in [1.82, 2.24) is 15.5 Å². The van der Waals surface area contributed by atoms with Gasteiger partial charge >= 0.3 is 6.03 Å². The third-order valence-electron chi connectivity index (χ3n) is 6.65. The summed E-state index contributed by atoms with van der Waals surface area (Å²) in [4.78, 5) is 28.7. The SMILES string of the molecule is O=C(NCc1ccc(N2CCCC2=O)cc1)NC1CCCN(C2CCCCC2)C1. The van der Waals surface area contributed by atoms with E-state index in [0.717, 1.165) is 49.6 Å². The molecular formula is C23H34N4O2. The molecule has 0 radical (unpaired) electrons. The Morgan fingerprint density at radius 2 is 1.76 bits per heavy atom. The maximum Gasteiger partial charge on any atom is 0.315 e. The van der Waals surface area contributed by atoms with Crippen molar-refractivity contribution < 1.29 is 9.59 Å². The molecular weight excluding hydrogens is 364 g/mol. The third kappa shape index (κ3) is 5.30. The molecule has 3 amide bonds. The molecule has 1 aromatic rings. The molecule has 2 N–H and O–H groups in total. The molecule has 158 valence electrons. The Labute approximate surface area is 174 Å². The first-order chi connectivity index (χ1) is 14.2. The molecule has 0 bridgehead atoms. The van der Waals surface area contributed by atoms with E-state index in [4.69, 9.17) is 0 Å². The summed E-state index contributed by atoms with van der Waals surface area (Å²) in [7, 11) is 0. The van der Waals surface area contributed by atoms with Crippen LogP contribution in [0, 0.1) is 0 Å². The Hall–Kier alpha value is -2.08. The first-order valence-electron chi connectivity index (χ1n) is 11.4. The highest BCUT2D eigenvalue weighted by Gasteiger charge is 2.27. The van der Waals surface area contributed by atoms with E-state index in [9.17, 15) is 9.59 Å². The minimum absolute atomic E-state index is 0.0840. The second-order valence-corrected chi connectivity index (χ2v) is 8.77. The molecule has 2 aliphatic heterocycles. The van der Waals surface area contributed by atoms with E-state index in [-0.39, 0.29) is 18.0 Å². The number of carbonyl (C=O) groups excluding carboxylic acids is 2. The second kappa shape index (κ2) is 9.61. The van der Waals surface area contributed by atoms with Crippen LogP contribution in [0.15, 0.2) is 24.3 Å². The number of hydrogen-bond donors (Lipinski definition) is 2. The highest BCUT2D eigenvalue weighted by Crippen LogP contribution is 2.25. The fraction of sp³-hybridized carbons (Fsp3) is 0.652. The van der Waals surface area contributed by atoms with E-state index in [1.807, 2.05) is 29.2 Å². The van der Waals surface area contributed by atoms with Crippen LogP contribution in [0.5, 0.6) is 0 Å². The molecule has 6 heteroatoms. The topological polar surface area (TPSA) is 64.7 Å². The zero-order valence-corrected chi connectivity index (χ0v) is 17.4. The van der Waals surface area contributed by atoms with Crippen LogP contribution in [0.4, 0.5) is 10.5 Å². The molecule has 1 unspecified atom stereocenters. The minimum Gasteiger partial charge on any atom is -0.334 e. The first kappa shape index (κ1) is 20.2. The quantitative estimate of drug-likeness (QED) is 0.799. The molecule has 3 fully saturated rings. The Morgan fingerprint density at radius 3 is 2.48 bits per heavy atom. The summed E-state index contributed by atoms with van der Waals surface area (Å²) >= 11 is 0. The predicted molar refractivity (Wildman–Crippen MR) is 115 cm³/mol. The number of likely N-dealkylation sites (tertiary alicyclic amines) is 1. The number of nitrogens with zero attached hydrogens (tertiary/aromatic N) is 2. The number of piperidine rings is 1. The summed E-state index contributed by atoms with van der Waals surface area (Å²) < 4.78 is 0. The van der Waals surface area contributed by atoms with Gasteiger partial charge in [-0.1, -0.05) is 31.4 Å². The number of nitrogens with one attached hydrogen (secondary N) is 2. The lowest BCUT2D eigenvalue weighted by Crippen LogP contribution is -2.53. The number of carbonyl (C=O) groups is 2. The van der Waals surface area contributed by atoms with Crippen molar-refractivity contribution >= 4 is 17.6 Å². The lowest BCUT2D eigenvalue weighted by molar-refractivity contribution is -0.117.